The van der Waals surface area contributed by atoms with Crippen molar-refractivity contribution in [3.8, 4) is 0 Å². The van der Waals surface area contributed by atoms with Gasteiger partial charge in [0.15, 0.2) is 0 Å². The minimum atomic E-state index is -0.576. The van der Waals surface area contributed by atoms with Gasteiger partial charge in [0.1, 0.15) is 7.85 Å². The minimum absolute atomic E-state index is 0.371. The highest BCUT2D eigenvalue weighted by molar-refractivity contribution is 6.11. The molecule has 0 nitrogen and oxygen atoms in total. The molecule has 11 heavy (non-hydrogen) atoms. The van der Waals surface area contributed by atoms with E-state index in [0.29, 0.717) is 5.92 Å². The lowest BCUT2D eigenvalue weighted by atomic mass is 9.80. The number of hydrogen-bond acceptors (Lipinski definition) is 0. The van der Waals surface area contributed by atoms with Gasteiger partial charge in [-0.1, -0.05) is 32.1 Å². The van der Waals surface area contributed by atoms with Gasteiger partial charge in [-0.05, 0) is 18.8 Å². The van der Waals surface area contributed by atoms with Crippen LogP contribution in [0, 0.1) is 5.92 Å². The average Bonchev–Trinajstić information content (AvgIpc) is 1.84. The fourth-order valence-corrected chi connectivity index (χ4v) is 1.95. The molecule has 0 heterocycles. The standard InChI is InChI=1S/C9H18BF/c10-9(11)8-6-4-2-1-3-5-7-8/h8-9H,1-7,10H2. The molecule has 0 aromatic heterocycles. The van der Waals surface area contributed by atoms with E-state index in [0.717, 1.165) is 12.8 Å². The van der Waals surface area contributed by atoms with Crippen molar-refractivity contribution in [1.82, 2.24) is 0 Å². The van der Waals surface area contributed by atoms with Gasteiger partial charge in [0.2, 0.25) is 0 Å². The van der Waals surface area contributed by atoms with Gasteiger partial charge >= 0.3 is 0 Å². The smallest absolute Gasteiger partial charge is 0.146 e. The largest absolute Gasteiger partial charge is 0.257 e. The molecule has 1 saturated carbocycles. The van der Waals surface area contributed by atoms with Crippen LogP contribution in [-0.4, -0.2) is 13.9 Å². The SMILES string of the molecule is BC(F)C1CCCCCCC1. The average molecular weight is 156 g/mol. The molecule has 0 aromatic rings. The third kappa shape index (κ3) is 3.26. The molecule has 0 aliphatic heterocycles. The molecule has 0 spiro atoms. The highest BCUT2D eigenvalue weighted by Crippen LogP contribution is 2.24. The fourth-order valence-electron chi connectivity index (χ4n) is 1.95. The summed E-state index contributed by atoms with van der Waals surface area (Å²) >= 11 is 0. The van der Waals surface area contributed by atoms with Crippen molar-refractivity contribution in [2.75, 3.05) is 0 Å². The zero-order valence-electron chi connectivity index (χ0n) is 7.48. The van der Waals surface area contributed by atoms with Gasteiger partial charge < -0.3 is 0 Å². The first-order valence-electron chi connectivity index (χ1n) is 4.95. The third-order valence-corrected chi connectivity index (χ3v) is 2.80. The van der Waals surface area contributed by atoms with Crippen LogP contribution in [0.3, 0.4) is 0 Å². The van der Waals surface area contributed by atoms with E-state index in [9.17, 15) is 4.39 Å². The molecule has 2 heteroatoms. The quantitative estimate of drug-likeness (QED) is 0.511. The summed E-state index contributed by atoms with van der Waals surface area (Å²) in [4.78, 5) is 0. The van der Waals surface area contributed by atoms with E-state index >= 15 is 0 Å². The van der Waals surface area contributed by atoms with Crippen molar-refractivity contribution in [2.24, 2.45) is 5.92 Å². The molecule has 64 valence electrons. The number of halogens is 1. The number of hydrogen-bond donors (Lipinski definition) is 0. The van der Waals surface area contributed by atoms with E-state index < -0.39 is 6.07 Å². The summed E-state index contributed by atoms with van der Waals surface area (Å²) < 4.78 is 12.9. The van der Waals surface area contributed by atoms with Gasteiger partial charge in [-0.3, -0.25) is 4.39 Å². The van der Waals surface area contributed by atoms with Crippen LogP contribution in [0.15, 0.2) is 0 Å². The molecule has 0 saturated heterocycles. The molecule has 1 aliphatic rings. The Balaban J connectivity index is 2.26. The van der Waals surface area contributed by atoms with Crippen LogP contribution in [0.1, 0.15) is 44.9 Å². The van der Waals surface area contributed by atoms with Crippen LogP contribution in [0.4, 0.5) is 4.39 Å². The predicted molar refractivity (Wildman–Crippen MR) is 49.2 cm³/mol. The summed E-state index contributed by atoms with van der Waals surface area (Å²) in [6.07, 6.45) is 8.18. The fraction of sp³-hybridized carbons (Fsp3) is 1.00. The maximum Gasteiger partial charge on any atom is 0.146 e. The van der Waals surface area contributed by atoms with E-state index in [2.05, 4.69) is 0 Å². The zero-order valence-corrected chi connectivity index (χ0v) is 7.48. The van der Waals surface area contributed by atoms with Crippen LogP contribution in [0.25, 0.3) is 0 Å². The van der Waals surface area contributed by atoms with Gasteiger partial charge in [0, 0.05) is 0 Å². The first kappa shape index (κ1) is 9.09. The molecule has 0 aromatic carbocycles. The molecule has 0 amide bonds. The Morgan fingerprint density at radius 1 is 1.00 bits per heavy atom. The maximum atomic E-state index is 12.9. The summed E-state index contributed by atoms with van der Waals surface area (Å²) in [6, 6.07) is 0. The topological polar surface area (TPSA) is 0 Å². The molecular weight excluding hydrogens is 138 g/mol. The van der Waals surface area contributed by atoms with Crippen molar-refractivity contribution < 1.29 is 4.39 Å². The van der Waals surface area contributed by atoms with Crippen LogP contribution >= 0.6 is 0 Å². The van der Waals surface area contributed by atoms with Crippen molar-refractivity contribution in [1.29, 1.82) is 0 Å². The summed E-state index contributed by atoms with van der Waals surface area (Å²) in [5.41, 5.74) is 0. The second kappa shape index (κ2) is 4.79. The first-order chi connectivity index (χ1) is 5.30. The van der Waals surface area contributed by atoms with E-state index in [4.69, 9.17) is 0 Å². The van der Waals surface area contributed by atoms with Crippen LogP contribution in [-0.2, 0) is 0 Å². The lowest BCUT2D eigenvalue weighted by molar-refractivity contribution is 0.262. The Morgan fingerprint density at radius 3 is 1.91 bits per heavy atom. The van der Waals surface area contributed by atoms with Crippen molar-refractivity contribution >= 4 is 7.85 Å². The van der Waals surface area contributed by atoms with Gasteiger partial charge in [0.05, 0.1) is 6.07 Å². The monoisotopic (exact) mass is 156 g/mol. The highest BCUT2D eigenvalue weighted by atomic mass is 19.1. The summed E-state index contributed by atoms with van der Waals surface area (Å²) in [5, 5.41) is 0. The predicted octanol–water partition coefficient (Wildman–Crippen LogP) is 2.28. The molecule has 1 aliphatic carbocycles. The molecule has 1 unspecified atom stereocenters. The first-order valence-corrected chi connectivity index (χ1v) is 4.95. The van der Waals surface area contributed by atoms with Crippen molar-refractivity contribution in [3.05, 3.63) is 0 Å². The lowest BCUT2D eigenvalue weighted by Crippen LogP contribution is -2.17. The van der Waals surface area contributed by atoms with E-state index in [1.54, 1.807) is 7.85 Å². The number of rotatable bonds is 1. The minimum Gasteiger partial charge on any atom is -0.257 e. The van der Waals surface area contributed by atoms with E-state index in [1.165, 1.54) is 32.1 Å². The summed E-state index contributed by atoms with van der Waals surface area (Å²) in [6.45, 7) is 0. The molecule has 0 radical (unpaired) electrons. The van der Waals surface area contributed by atoms with Crippen molar-refractivity contribution in [3.63, 3.8) is 0 Å². The highest BCUT2D eigenvalue weighted by Gasteiger charge is 2.16. The Morgan fingerprint density at radius 2 is 1.45 bits per heavy atom. The van der Waals surface area contributed by atoms with Crippen LogP contribution < -0.4 is 0 Å². The Kier molecular flexibility index (Phi) is 3.96. The second-order valence-electron chi connectivity index (χ2n) is 3.78. The van der Waals surface area contributed by atoms with Gasteiger partial charge in [-0.15, -0.1) is 0 Å². The van der Waals surface area contributed by atoms with Gasteiger partial charge in [0.25, 0.3) is 0 Å². The number of alkyl halides is 1. The van der Waals surface area contributed by atoms with Gasteiger partial charge in [-0.2, -0.15) is 0 Å². The Labute approximate surface area is 70.0 Å². The summed E-state index contributed by atoms with van der Waals surface area (Å²) in [5.74, 6) is 0.371. The van der Waals surface area contributed by atoms with Crippen LogP contribution in [0.5, 0.6) is 0 Å². The lowest BCUT2D eigenvalue weighted by Gasteiger charge is -2.20. The molecular formula is C9H18BF. The molecule has 0 bridgehead atoms. The Hall–Kier alpha value is -0.00506. The molecule has 1 atom stereocenters. The molecule has 1 rings (SSSR count). The molecule has 1 fully saturated rings. The van der Waals surface area contributed by atoms with Crippen molar-refractivity contribution in [2.45, 2.75) is 51.0 Å². The second-order valence-corrected chi connectivity index (χ2v) is 3.78. The van der Waals surface area contributed by atoms with Gasteiger partial charge in [-0.25, -0.2) is 0 Å². The molecule has 0 N–H and O–H groups in total. The van der Waals surface area contributed by atoms with Crippen LogP contribution in [0.2, 0.25) is 0 Å². The summed E-state index contributed by atoms with van der Waals surface area (Å²) in [7, 11) is 1.71. The normalized spacial score (nSPS) is 25.5. The van der Waals surface area contributed by atoms with E-state index in [1.807, 2.05) is 0 Å². The maximum absolute atomic E-state index is 12.9. The third-order valence-electron chi connectivity index (χ3n) is 2.80. The zero-order chi connectivity index (χ0) is 8.10. The van der Waals surface area contributed by atoms with E-state index in [-0.39, 0.29) is 0 Å². The Bertz CT molecular complexity index is 95.7.